The third kappa shape index (κ3) is 4.26. The molecule has 0 aromatic heterocycles. The quantitative estimate of drug-likeness (QED) is 0.712. The number of carbonyl (C=O) groups is 1. The van der Waals surface area contributed by atoms with E-state index in [0.29, 0.717) is 19.7 Å². The Kier molecular flexibility index (Phi) is 5.88. The van der Waals surface area contributed by atoms with Gasteiger partial charge in [0.2, 0.25) is 5.91 Å². The van der Waals surface area contributed by atoms with Gasteiger partial charge in [0.05, 0.1) is 25.4 Å². The lowest BCUT2D eigenvalue weighted by atomic mass is 10.0. The van der Waals surface area contributed by atoms with Gasteiger partial charge in [-0.1, -0.05) is 13.8 Å². The summed E-state index contributed by atoms with van der Waals surface area (Å²) in [7, 11) is 0. The number of ether oxygens (including phenoxy) is 1. The number of nitrogens with two attached hydrogens (primary N) is 1. The highest BCUT2D eigenvalue weighted by Crippen LogP contribution is 2.15. The van der Waals surface area contributed by atoms with Crippen LogP contribution in [0.15, 0.2) is 0 Å². The normalized spacial score (nSPS) is 19.7. The first-order valence-corrected chi connectivity index (χ1v) is 6.33. The Morgan fingerprint density at radius 2 is 2.06 bits per heavy atom. The van der Waals surface area contributed by atoms with Crippen LogP contribution in [0.25, 0.3) is 0 Å². The SMILES string of the molecule is CC(C)[C@@H](N)C(=O)N1CCC(OCCO)CC1. The van der Waals surface area contributed by atoms with E-state index < -0.39 is 6.04 Å². The highest BCUT2D eigenvalue weighted by Gasteiger charge is 2.27. The molecule has 1 fully saturated rings. The number of hydrogen-bond donors (Lipinski definition) is 2. The van der Waals surface area contributed by atoms with Gasteiger partial charge < -0.3 is 20.5 Å². The number of aliphatic hydroxyl groups excluding tert-OH is 1. The van der Waals surface area contributed by atoms with Crippen LogP contribution in [0.5, 0.6) is 0 Å². The molecule has 1 aliphatic rings. The molecule has 5 heteroatoms. The van der Waals surface area contributed by atoms with E-state index in [-0.39, 0.29) is 24.5 Å². The van der Waals surface area contributed by atoms with Crippen molar-refractivity contribution in [2.45, 2.75) is 38.8 Å². The molecule has 100 valence electrons. The summed E-state index contributed by atoms with van der Waals surface area (Å²) in [6.07, 6.45) is 1.83. The fourth-order valence-corrected chi connectivity index (χ4v) is 1.96. The smallest absolute Gasteiger partial charge is 0.239 e. The van der Waals surface area contributed by atoms with E-state index in [1.807, 2.05) is 18.7 Å². The molecule has 1 aliphatic heterocycles. The van der Waals surface area contributed by atoms with Crippen LogP contribution in [0.2, 0.25) is 0 Å². The summed E-state index contributed by atoms with van der Waals surface area (Å²) in [6.45, 7) is 5.76. The first-order chi connectivity index (χ1) is 8.06. The molecule has 1 rings (SSSR count). The number of hydrogen-bond acceptors (Lipinski definition) is 4. The second kappa shape index (κ2) is 6.93. The molecule has 0 bridgehead atoms. The van der Waals surface area contributed by atoms with Crippen molar-refractivity contribution in [3.05, 3.63) is 0 Å². The zero-order valence-electron chi connectivity index (χ0n) is 10.8. The largest absolute Gasteiger partial charge is 0.394 e. The average Bonchev–Trinajstić information content (AvgIpc) is 2.35. The van der Waals surface area contributed by atoms with Gasteiger partial charge in [0.25, 0.3) is 0 Å². The summed E-state index contributed by atoms with van der Waals surface area (Å²) >= 11 is 0. The molecule has 0 aliphatic carbocycles. The van der Waals surface area contributed by atoms with Crippen LogP contribution in [0.3, 0.4) is 0 Å². The van der Waals surface area contributed by atoms with Crippen molar-refractivity contribution >= 4 is 5.91 Å². The monoisotopic (exact) mass is 244 g/mol. The molecular weight excluding hydrogens is 220 g/mol. The lowest BCUT2D eigenvalue weighted by Crippen LogP contribution is -2.50. The number of rotatable bonds is 5. The summed E-state index contributed by atoms with van der Waals surface area (Å²) in [4.78, 5) is 13.8. The van der Waals surface area contributed by atoms with Gasteiger partial charge in [0.15, 0.2) is 0 Å². The summed E-state index contributed by atoms with van der Waals surface area (Å²) in [6, 6.07) is -0.398. The second-order valence-corrected chi connectivity index (χ2v) is 4.89. The number of likely N-dealkylation sites (tertiary alicyclic amines) is 1. The minimum Gasteiger partial charge on any atom is -0.394 e. The van der Waals surface area contributed by atoms with Gasteiger partial charge >= 0.3 is 0 Å². The van der Waals surface area contributed by atoms with Crippen LogP contribution in [-0.2, 0) is 9.53 Å². The zero-order chi connectivity index (χ0) is 12.8. The lowest BCUT2D eigenvalue weighted by molar-refractivity contribution is -0.136. The topological polar surface area (TPSA) is 75.8 Å². The average molecular weight is 244 g/mol. The number of amides is 1. The molecule has 5 nitrogen and oxygen atoms in total. The van der Waals surface area contributed by atoms with E-state index in [0.717, 1.165) is 12.8 Å². The van der Waals surface area contributed by atoms with Gasteiger partial charge in [-0.25, -0.2) is 0 Å². The summed E-state index contributed by atoms with van der Waals surface area (Å²) in [5, 5.41) is 8.66. The standard InChI is InChI=1S/C12H24N2O3/c1-9(2)11(13)12(16)14-5-3-10(4-6-14)17-8-7-15/h9-11,15H,3-8,13H2,1-2H3/t11-/m1/s1. The Morgan fingerprint density at radius 3 is 2.53 bits per heavy atom. The molecular formula is C12H24N2O3. The predicted octanol–water partition coefficient (Wildman–Crippen LogP) is -0.0304. The molecule has 0 saturated carbocycles. The van der Waals surface area contributed by atoms with E-state index in [1.54, 1.807) is 0 Å². The van der Waals surface area contributed by atoms with E-state index in [2.05, 4.69) is 0 Å². The van der Waals surface area contributed by atoms with Crippen LogP contribution in [0.4, 0.5) is 0 Å². The molecule has 0 aromatic carbocycles. The molecule has 0 spiro atoms. The molecule has 0 aromatic rings. The highest BCUT2D eigenvalue weighted by atomic mass is 16.5. The molecule has 1 amide bonds. The van der Waals surface area contributed by atoms with Gasteiger partial charge in [0, 0.05) is 13.1 Å². The number of aliphatic hydroxyl groups is 1. The summed E-state index contributed by atoms with van der Waals surface area (Å²) in [5.41, 5.74) is 5.85. The van der Waals surface area contributed by atoms with E-state index >= 15 is 0 Å². The molecule has 17 heavy (non-hydrogen) atoms. The van der Waals surface area contributed by atoms with Crippen molar-refractivity contribution in [3.8, 4) is 0 Å². The first kappa shape index (κ1) is 14.4. The number of carbonyl (C=O) groups excluding carboxylic acids is 1. The maximum absolute atomic E-state index is 12.0. The van der Waals surface area contributed by atoms with Crippen LogP contribution in [0.1, 0.15) is 26.7 Å². The Morgan fingerprint density at radius 1 is 1.47 bits per heavy atom. The molecule has 1 saturated heterocycles. The fraction of sp³-hybridized carbons (Fsp3) is 0.917. The lowest BCUT2D eigenvalue weighted by Gasteiger charge is -2.34. The van der Waals surface area contributed by atoms with Crippen molar-refractivity contribution < 1.29 is 14.6 Å². The van der Waals surface area contributed by atoms with Gasteiger partial charge in [0.1, 0.15) is 0 Å². The summed E-state index contributed by atoms with van der Waals surface area (Å²) in [5.74, 6) is 0.214. The molecule has 3 N–H and O–H groups in total. The van der Waals surface area contributed by atoms with Crippen LogP contribution in [-0.4, -0.2) is 54.4 Å². The van der Waals surface area contributed by atoms with Gasteiger partial charge in [-0.3, -0.25) is 4.79 Å². The molecule has 0 unspecified atom stereocenters. The van der Waals surface area contributed by atoms with Crippen molar-refractivity contribution in [2.75, 3.05) is 26.3 Å². The Bertz CT molecular complexity index is 238. The Balaban J connectivity index is 2.33. The molecule has 1 heterocycles. The van der Waals surface area contributed by atoms with Crippen molar-refractivity contribution in [1.82, 2.24) is 4.90 Å². The van der Waals surface area contributed by atoms with Gasteiger partial charge in [-0.05, 0) is 18.8 Å². The third-order valence-corrected chi connectivity index (χ3v) is 3.20. The highest BCUT2D eigenvalue weighted by molar-refractivity contribution is 5.82. The third-order valence-electron chi connectivity index (χ3n) is 3.20. The maximum atomic E-state index is 12.0. The predicted molar refractivity (Wildman–Crippen MR) is 65.5 cm³/mol. The molecule has 1 atom stereocenters. The Labute approximate surface area is 103 Å². The van der Waals surface area contributed by atoms with Crippen LogP contribution < -0.4 is 5.73 Å². The minimum absolute atomic E-state index is 0.0422. The van der Waals surface area contributed by atoms with Crippen molar-refractivity contribution in [3.63, 3.8) is 0 Å². The van der Waals surface area contributed by atoms with E-state index in [9.17, 15) is 4.79 Å². The number of nitrogens with zero attached hydrogens (tertiary/aromatic N) is 1. The second-order valence-electron chi connectivity index (χ2n) is 4.89. The zero-order valence-corrected chi connectivity index (χ0v) is 10.8. The minimum atomic E-state index is -0.398. The Hall–Kier alpha value is -0.650. The fourth-order valence-electron chi connectivity index (χ4n) is 1.96. The van der Waals surface area contributed by atoms with Gasteiger partial charge in [-0.2, -0.15) is 0 Å². The van der Waals surface area contributed by atoms with E-state index in [1.165, 1.54) is 0 Å². The van der Waals surface area contributed by atoms with E-state index in [4.69, 9.17) is 15.6 Å². The van der Waals surface area contributed by atoms with Crippen molar-refractivity contribution in [2.24, 2.45) is 11.7 Å². The summed E-state index contributed by atoms with van der Waals surface area (Å²) < 4.78 is 5.45. The van der Waals surface area contributed by atoms with Crippen LogP contribution in [0, 0.1) is 5.92 Å². The first-order valence-electron chi connectivity index (χ1n) is 6.33. The van der Waals surface area contributed by atoms with Crippen molar-refractivity contribution in [1.29, 1.82) is 0 Å². The molecule has 0 radical (unpaired) electrons. The number of piperidine rings is 1. The van der Waals surface area contributed by atoms with Gasteiger partial charge in [-0.15, -0.1) is 0 Å². The van der Waals surface area contributed by atoms with Crippen LogP contribution >= 0.6 is 0 Å². The maximum Gasteiger partial charge on any atom is 0.239 e.